The van der Waals surface area contributed by atoms with Crippen LogP contribution in [-0.4, -0.2) is 9.97 Å². The SMILES string of the molecule is O=P(c1ccccc1)(c1ccccc1)c1ccc(-c2c3cc(-c4ccc5c(c4)c4ccccc4c4cc6ccccc6c(-c6ccc7c(c6)C(c6ccccc6)(c6ccccc6)c6cc(P(=O)(c8ccccc8)c8ccccc8)ccc6-7)c54)ccc3cc3c4cccc(-c5ccc6c(-c7ccc(P(=O)(c8ccccc8)c8ccccc8)nc7)c7c8ccccc8c8ccccc8c7cc6c5)c4c4ccccc4c23)nc1. The fourth-order valence-corrected chi connectivity index (χ4v) is 32.2. The molecule has 5 nitrogen and oxygen atoms in total. The van der Waals surface area contributed by atoms with E-state index in [1.807, 2.05) is 200 Å². The van der Waals surface area contributed by atoms with E-state index >= 15 is 13.7 Å². The van der Waals surface area contributed by atoms with Crippen molar-refractivity contribution in [3.8, 4) is 66.9 Å². The highest BCUT2D eigenvalue weighted by molar-refractivity contribution is 7.86. The van der Waals surface area contributed by atoms with Crippen LogP contribution in [0.3, 0.4) is 0 Å². The molecule has 0 N–H and O–H groups in total. The monoisotopic (exact) mass is 1900 g/mol. The molecule has 25 aromatic carbocycles. The molecular weight excluding hydrogens is 1810 g/mol. The summed E-state index contributed by atoms with van der Waals surface area (Å²) in [7, 11) is -10.3. The van der Waals surface area contributed by atoms with Crippen molar-refractivity contribution < 1.29 is 13.7 Å². The Hall–Kier alpha value is -17.4. The Morgan fingerprint density at radius 2 is 0.531 bits per heavy atom. The number of aromatic nitrogens is 2. The van der Waals surface area contributed by atoms with Gasteiger partial charge in [-0.3, -0.25) is 9.97 Å². The van der Waals surface area contributed by atoms with E-state index in [1.165, 1.54) is 21.5 Å². The summed E-state index contributed by atoms with van der Waals surface area (Å²) in [6.45, 7) is 0. The summed E-state index contributed by atoms with van der Waals surface area (Å²) in [5.41, 5.74) is 16.6. The molecule has 0 bridgehead atoms. The van der Waals surface area contributed by atoms with E-state index in [0.29, 0.717) is 10.7 Å². The van der Waals surface area contributed by atoms with Gasteiger partial charge in [0.1, 0.15) is 5.44 Å². The van der Waals surface area contributed by atoms with Crippen LogP contribution >= 0.6 is 21.4 Å². The van der Waals surface area contributed by atoms with Crippen LogP contribution < -0.4 is 47.9 Å². The van der Waals surface area contributed by atoms with Crippen LogP contribution in [0.2, 0.25) is 0 Å². The van der Waals surface area contributed by atoms with Gasteiger partial charge in [0.05, 0.1) is 11.1 Å². The van der Waals surface area contributed by atoms with Crippen molar-refractivity contribution in [2.24, 2.45) is 0 Å². The fourth-order valence-electron chi connectivity index (χ4n) is 24.5. The molecule has 0 saturated carbocycles. The molecule has 27 aromatic rings. The van der Waals surface area contributed by atoms with Gasteiger partial charge in [-0.2, -0.15) is 0 Å². The van der Waals surface area contributed by atoms with E-state index in [1.54, 1.807) is 0 Å². The molecule has 145 heavy (non-hydrogen) atoms. The minimum atomic E-state index is -3.47. The lowest BCUT2D eigenvalue weighted by Crippen LogP contribution is -2.31. The largest absolute Gasteiger partial charge is 0.309 e. The first kappa shape index (κ1) is 85.6. The van der Waals surface area contributed by atoms with Crippen molar-refractivity contribution in [3.05, 3.63) is 550 Å². The van der Waals surface area contributed by atoms with Gasteiger partial charge in [0.25, 0.3) is 0 Å². The first-order chi connectivity index (χ1) is 71.6. The van der Waals surface area contributed by atoms with E-state index in [-0.39, 0.29) is 0 Å². The number of nitrogens with zero attached hydrogens (tertiary/aromatic N) is 2. The zero-order chi connectivity index (χ0) is 96.2. The average Bonchev–Trinajstić information content (AvgIpc) is 1.49. The molecule has 0 aliphatic heterocycles. The third-order valence-corrected chi connectivity index (χ3v) is 40.0. The summed E-state index contributed by atoms with van der Waals surface area (Å²) in [6.07, 6.45) is 3.83. The van der Waals surface area contributed by atoms with E-state index in [0.717, 1.165) is 234 Å². The molecule has 0 radical (unpaired) electrons. The molecule has 28 rings (SSSR count). The van der Waals surface area contributed by atoms with Gasteiger partial charge < -0.3 is 13.7 Å². The van der Waals surface area contributed by atoms with E-state index < -0.39 is 26.8 Å². The Labute approximate surface area is 838 Å². The van der Waals surface area contributed by atoms with Crippen LogP contribution in [-0.2, 0) is 19.1 Å². The first-order valence-corrected chi connectivity index (χ1v) is 54.6. The number of hydrogen-bond donors (Lipinski definition) is 0. The second kappa shape index (κ2) is 33.9. The molecule has 0 fully saturated rings. The molecule has 678 valence electrons. The molecule has 0 unspecified atom stereocenters. The van der Waals surface area contributed by atoms with Crippen molar-refractivity contribution in [1.29, 1.82) is 0 Å². The standard InChI is InChI=1S/C137H87N2O3P3/c140-143(98-41-13-3-14-42-98,99-43-15-4-16-44-99)104-70-75-115-114-73-68-93(84-126(114)137(127(115)85-104,96-37-9-1-10-38-96)97-39-11-2-12-40-97)130-106-53-26-25-36-90(106)81-123-113-58-30-28-56-111(113)122-80-89(66-74-120(122)134(123)130)88-64-65-92-82-125-119-63-35-62-107(132(119)117-60-33-34-61-118(117)135(125)136(121(92)79-88)128-76-71-105(87-138-128)144(141,100-45-17-5-18-46-100)101-47-19-6-20-48-101)91-67-72-108-95(78-91)83-124-112-57-29-27-54-109(112)110-55-31-32-59-116(110)133(124)131(108)94-69-77-129(139-86-94)145(142,102-49-21-7-22-50-102)103-51-23-8-24-52-103/h1-87H. The summed E-state index contributed by atoms with van der Waals surface area (Å²) in [5, 5.41) is 32.9. The molecule has 0 atom stereocenters. The summed E-state index contributed by atoms with van der Waals surface area (Å²) in [6, 6.07) is 183. The Balaban J connectivity index is 0.643. The maximum Gasteiger partial charge on any atom is 0.188 e. The van der Waals surface area contributed by atoms with E-state index in [2.05, 4.69) is 328 Å². The van der Waals surface area contributed by atoms with Gasteiger partial charge in [0.15, 0.2) is 21.4 Å². The van der Waals surface area contributed by atoms with Gasteiger partial charge in [0.2, 0.25) is 0 Å². The molecule has 2 aromatic heterocycles. The lowest BCUT2D eigenvalue weighted by molar-refractivity contribution is 0.591. The van der Waals surface area contributed by atoms with Gasteiger partial charge in [-0.15, -0.1) is 0 Å². The molecule has 1 aliphatic carbocycles. The molecule has 8 heteroatoms. The third-order valence-electron chi connectivity index (χ3n) is 30.9. The van der Waals surface area contributed by atoms with Crippen molar-refractivity contribution in [2.45, 2.75) is 5.41 Å². The third kappa shape index (κ3) is 13.2. The Kier molecular flexibility index (Phi) is 20.0. The number of rotatable bonds is 16. The molecule has 2 heterocycles. The first-order valence-electron chi connectivity index (χ1n) is 49.5. The van der Waals surface area contributed by atoms with Gasteiger partial charge in [-0.25, -0.2) is 0 Å². The molecule has 1 aliphatic rings. The maximum atomic E-state index is 16.7. The number of fused-ring (bicyclic) bond motifs is 24. The molecule has 0 saturated heterocycles. The highest BCUT2D eigenvalue weighted by Crippen LogP contribution is 2.60. The Morgan fingerprint density at radius 1 is 0.172 bits per heavy atom. The zero-order valence-electron chi connectivity index (χ0n) is 78.7. The van der Waals surface area contributed by atoms with Gasteiger partial charge in [-0.05, 0) is 263 Å². The predicted octanol–water partition coefficient (Wildman–Crippen LogP) is 31.9. The van der Waals surface area contributed by atoms with Crippen LogP contribution in [0.15, 0.2) is 528 Å². The predicted molar refractivity (Wildman–Crippen MR) is 615 cm³/mol. The van der Waals surface area contributed by atoms with Gasteiger partial charge in [0, 0.05) is 71.3 Å². The summed E-state index contributed by atoms with van der Waals surface area (Å²) in [4.78, 5) is 10.9. The molecular formula is C137H87N2O3P3. The van der Waals surface area contributed by atoms with Crippen LogP contribution in [0.5, 0.6) is 0 Å². The molecule has 0 spiro atoms. The van der Waals surface area contributed by atoms with Crippen molar-refractivity contribution in [3.63, 3.8) is 0 Å². The average molecular weight is 1900 g/mol. The van der Waals surface area contributed by atoms with E-state index in [4.69, 9.17) is 9.97 Å². The van der Waals surface area contributed by atoms with Crippen LogP contribution in [0.1, 0.15) is 22.3 Å². The van der Waals surface area contributed by atoms with Crippen LogP contribution in [0.4, 0.5) is 0 Å². The van der Waals surface area contributed by atoms with E-state index in [9.17, 15) is 0 Å². The minimum absolute atomic E-state index is 0.528. The number of pyridine rings is 2. The smallest absolute Gasteiger partial charge is 0.188 e. The van der Waals surface area contributed by atoms with Crippen molar-refractivity contribution in [1.82, 2.24) is 9.97 Å². The zero-order valence-corrected chi connectivity index (χ0v) is 81.4. The lowest BCUT2D eigenvalue weighted by Gasteiger charge is -2.34. The highest BCUT2D eigenvalue weighted by Gasteiger charge is 2.48. The van der Waals surface area contributed by atoms with Crippen LogP contribution in [0, 0.1) is 0 Å². The minimum Gasteiger partial charge on any atom is -0.309 e. The lowest BCUT2D eigenvalue weighted by atomic mass is 9.67. The maximum absolute atomic E-state index is 16.7. The summed E-state index contributed by atoms with van der Waals surface area (Å²) >= 11 is 0. The van der Waals surface area contributed by atoms with Gasteiger partial charge >= 0.3 is 0 Å². The van der Waals surface area contributed by atoms with Gasteiger partial charge in [-0.1, -0.05) is 449 Å². The highest BCUT2D eigenvalue weighted by atomic mass is 31.2. The number of hydrogen-bond acceptors (Lipinski definition) is 5. The number of benzene rings is 25. The quantitative estimate of drug-likeness (QED) is 0.0547. The molecule has 0 amide bonds. The normalized spacial score (nSPS) is 12.7. The summed E-state index contributed by atoms with van der Waals surface area (Å²) in [5.74, 6) is 0. The fraction of sp³-hybridized carbons (Fsp3) is 0.00730. The van der Waals surface area contributed by atoms with Crippen molar-refractivity contribution in [2.75, 3.05) is 0 Å². The van der Waals surface area contributed by atoms with Crippen LogP contribution in [0.25, 0.3) is 196 Å². The summed E-state index contributed by atoms with van der Waals surface area (Å²) < 4.78 is 49.1. The second-order valence-corrected chi connectivity index (χ2v) is 46.7. The Bertz CT molecular complexity index is 10000. The topological polar surface area (TPSA) is 77.0 Å². The Morgan fingerprint density at radius 3 is 1.07 bits per heavy atom. The van der Waals surface area contributed by atoms with Crippen molar-refractivity contribution >= 4 is 199 Å². The second-order valence-electron chi connectivity index (χ2n) is 38.4.